The number of aryl methyl sites for hydroxylation is 1. The molecule has 0 heterocycles. The van der Waals surface area contributed by atoms with E-state index in [9.17, 15) is 14.4 Å². The maximum atomic E-state index is 13.7. The van der Waals surface area contributed by atoms with E-state index < -0.39 is 0 Å². The van der Waals surface area contributed by atoms with E-state index in [0.29, 0.717) is 12.3 Å². The molecule has 3 unspecified atom stereocenters. The zero-order valence-electron chi connectivity index (χ0n) is 23.4. The van der Waals surface area contributed by atoms with Crippen molar-refractivity contribution >= 4 is 17.3 Å². The summed E-state index contributed by atoms with van der Waals surface area (Å²) in [7, 11) is 0. The Bertz CT molecular complexity index is 1120. The number of rotatable bonds is 11. The highest BCUT2D eigenvalue weighted by Crippen LogP contribution is 2.42. The number of benzene rings is 2. The van der Waals surface area contributed by atoms with Gasteiger partial charge in [0.1, 0.15) is 11.6 Å². The number of fused-ring (bicyclic) bond motifs is 1. The summed E-state index contributed by atoms with van der Waals surface area (Å²) in [6, 6.07) is 10.8. The Morgan fingerprint density at radius 3 is 2.36 bits per heavy atom. The Morgan fingerprint density at radius 2 is 1.78 bits per heavy atom. The van der Waals surface area contributed by atoms with Crippen LogP contribution in [0.3, 0.4) is 0 Å². The molecule has 0 aromatic heterocycles. The molecule has 0 fully saturated rings. The van der Waals surface area contributed by atoms with Gasteiger partial charge < -0.3 is 0 Å². The van der Waals surface area contributed by atoms with E-state index >= 15 is 0 Å². The van der Waals surface area contributed by atoms with Crippen molar-refractivity contribution in [3.05, 3.63) is 58.1 Å². The fourth-order valence-electron chi connectivity index (χ4n) is 6.46. The molecule has 1 aliphatic carbocycles. The molecule has 0 radical (unpaired) electrons. The normalized spacial score (nSPS) is 17.1. The van der Waals surface area contributed by atoms with Crippen molar-refractivity contribution in [1.29, 1.82) is 0 Å². The van der Waals surface area contributed by atoms with Gasteiger partial charge in [-0.3, -0.25) is 14.4 Å². The Hall–Kier alpha value is -2.55. The summed E-state index contributed by atoms with van der Waals surface area (Å²) in [6.45, 7) is 14.3. The highest BCUT2D eigenvalue weighted by Gasteiger charge is 2.34. The second-order valence-electron chi connectivity index (χ2n) is 11.4. The SMILES string of the molecule is CCCC(CC1CC(=O)c2c(C)c(-c3cccc(C)c3)cc(C(C)C)c2C1)C(CC)C(=O)CC(C)=O. The third kappa shape index (κ3) is 6.22. The summed E-state index contributed by atoms with van der Waals surface area (Å²) < 4.78 is 0. The summed E-state index contributed by atoms with van der Waals surface area (Å²) in [5.41, 5.74) is 8.07. The molecule has 0 bridgehead atoms. The standard InChI is InChI=1S/C33H44O3/c1-8-11-25(27(9-2)31(35)15-22(6)34)16-24-17-30-28(20(3)4)19-29(23(7)33(30)32(36)18-24)26-13-10-12-21(5)14-26/h10,12-14,19-20,24-25,27H,8-9,11,15-18H2,1-7H3. The van der Waals surface area contributed by atoms with E-state index in [1.54, 1.807) is 0 Å². The van der Waals surface area contributed by atoms with Crippen LogP contribution in [-0.2, 0) is 16.0 Å². The molecule has 0 aliphatic heterocycles. The zero-order chi connectivity index (χ0) is 26.6. The maximum absolute atomic E-state index is 13.7. The third-order valence-electron chi connectivity index (χ3n) is 8.07. The second-order valence-corrected chi connectivity index (χ2v) is 11.4. The molecule has 3 rings (SSSR count). The molecule has 2 aromatic carbocycles. The topological polar surface area (TPSA) is 51.2 Å². The van der Waals surface area contributed by atoms with E-state index in [-0.39, 0.29) is 41.5 Å². The Balaban J connectivity index is 1.98. The van der Waals surface area contributed by atoms with Gasteiger partial charge in [-0.1, -0.05) is 76.4 Å². The van der Waals surface area contributed by atoms with Crippen molar-refractivity contribution in [3.8, 4) is 11.1 Å². The first-order chi connectivity index (χ1) is 17.1. The van der Waals surface area contributed by atoms with Crippen LogP contribution >= 0.6 is 0 Å². The summed E-state index contributed by atoms with van der Waals surface area (Å²) >= 11 is 0. The summed E-state index contributed by atoms with van der Waals surface area (Å²) in [4.78, 5) is 38.2. The van der Waals surface area contributed by atoms with Gasteiger partial charge in [-0.15, -0.1) is 0 Å². The van der Waals surface area contributed by atoms with Gasteiger partial charge in [0.25, 0.3) is 0 Å². The minimum Gasteiger partial charge on any atom is -0.300 e. The van der Waals surface area contributed by atoms with E-state index in [1.165, 1.54) is 29.2 Å². The summed E-state index contributed by atoms with van der Waals surface area (Å²) in [6.07, 6.45) is 5.05. The molecule has 0 saturated heterocycles. The van der Waals surface area contributed by atoms with Crippen LogP contribution in [0.15, 0.2) is 30.3 Å². The molecular weight excluding hydrogens is 444 g/mol. The van der Waals surface area contributed by atoms with Crippen LogP contribution in [0.2, 0.25) is 0 Å². The molecule has 36 heavy (non-hydrogen) atoms. The predicted octanol–water partition coefficient (Wildman–Crippen LogP) is 8.22. The van der Waals surface area contributed by atoms with Gasteiger partial charge in [-0.2, -0.15) is 0 Å². The molecular formula is C33H44O3. The minimum absolute atomic E-state index is 0.0313. The number of hydrogen-bond acceptors (Lipinski definition) is 3. The maximum Gasteiger partial charge on any atom is 0.163 e. The van der Waals surface area contributed by atoms with Gasteiger partial charge in [0.15, 0.2) is 5.78 Å². The predicted molar refractivity (Wildman–Crippen MR) is 149 cm³/mol. The first-order valence-corrected chi connectivity index (χ1v) is 13.9. The van der Waals surface area contributed by atoms with Crippen LogP contribution in [0.1, 0.15) is 112 Å². The number of hydrogen-bond donors (Lipinski definition) is 0. The van der Waals surface area contributed by atoms with Gasteiger partial charge >= 0.3 is 0 Å². The Labute approximate surface area is 218 Å². The van der Waals surface area contributed by atoms with Crippen LogP contribution in [-0.4, -0.2) is 17.3 Å². The minimum atomic E-state index is -0.0969. The van der Waals surface area contributed by atoms with Crippen molar-refractivity contribution in [1.82, 2.24) is 0 Å². The van der Waals surface area contributed by atoms with Crippen LogP contribution in [0, 0.1) is 31.6 Å². The molecule has 0 amide bonds. The lowest BCUT2D eigenvalue weighted by Gasteiger charge is -2.33. The van der Waals surface area contributed by atoms with Crippen LogP contribution < -0.4 is 0 Å². The fourth-order valence-corrected chi connectivity index (χ4v) is 6.46. The van der Waals surface area contributed by atoms with E-state index in [1.807, 2.05) is 0 Å². The lowest BCUT2D eigenvalue weighted by Crippen LogP contribution is -2.30. The first kappa shape index (κ1) is 28.0. The summed E-state index contributed by atoms with van der Waals surface area (Å²) in [5, 5.41) is 0. The fraction of sp³-hybridized carbons (Fsp3) is 0.545. The Kier molecular flexibility index (Phi) is 9.44. The van der Waals surface area contributed by atoms with E-state index in [4.69, 9.17) is 0 Å². The average molecular weight is 489 g/mol. The molecule has 3 atom stereocenters. The van der Waals surface area contributed by atoms with Gasteiger partial charge in [0.05, 0.1) is 6.42 Å². The molecule has 0 spiro atoms. The average Bonchev–Trinajstić information content (AvgIpc) is 2.79. The molecule has 194 valence electrons. The van der Waals surface area contributed by atoms with Gasteiger partial charge in [-0.25, -0.2) is 0 Å². The number of carbonyl (C=O) groups is 3. The molecule has 0 N–H and O–H groups in total. The van der Waals surface area contributed by atoms with Crippen LogP contribution in [0.4, 0.5) is 0 Å². The monoisotopic (exact) mass is 488 g/mol. The van der Waals surface area contributed by atoms with Crippen molar-refractivity contribution < 1.29 is 14.4 Å². The van der Waals surface area contributed by atoms with Gasteiger partial charge in [-0.05, 0) is 85.6 Å². The van der Waals surface area contributed by atoms with Crippen molar-refractivity contribution in [2.75, 3.05) is 0 Å². The molecule has 3 nitrogen and oxygen atoms in total. The highest BCUT2D eigenvalue weighted by atomic mass is 16.1. The number of ketones is 3. The van der Waals surface area contributed by atoms with Crippen LogP contribution in [0.5, 0.6) is 0 Å². The third-order valence-corrected chi connectivity index (χ3v) is 8.07. The van der Waals surface area contributed by atoms with Crippen molar-refractivity contribution in [2.24, 2.45) is 17.8 Å². The number of carbonyl (C=O) groups excluding carboxylic acids is 3. The van der Waals surface area contributed by atoms with Crippen molar-refractivity contribution in [3.63, 3.8) is 0 Å². The highest BCUT2D eigenvalue weighted by molar-refractivity contribution is 6.02. The molecule has 1 aliphatic rings. The van der Waals surface area contributed by atoms with E-state index in [0.717, 1.165) is 48.8 Å². The number of Topliss-reactive ketones (excluding diaryl/α,β-unsaturated/α-hetero) is 3. The largest absolute Gasteiger partial charge is 0.300 e. The second kappa shape index (κ2) is 12.1. The molecule has 2 aromatic rings. The van der Waals surface area contributed by atoms with E-state index in [2.05, 4.69) is 71.9 Å². The lowest BCUT2D eigenvalue weighted by atomic mass is 9.70. The first-order valence-electron chi connectivity index (χ1n) is 13.9. The quantitative estimate of drug-likeness (QED) is 0.299. The Morgan fingerprint density at radius 1 is 1.06 bits per heavy atom. The van der Waals surface area contributed by atoms with Gasteiger partial charge in [0, 0.05) is 17.9 Å². The smallest absolute Gasteiger partial charge is 0.163 e. The summed E-state index contributed by atoms with van der Waals surface area (Å²) in [5.74, 6) is 0.948. The van der Waals surface area contributed by atoms with Crippen molar-refractivity contribution in [2.45, 2.75) is 99.3 Å². The molecule has 3 heteroatoms. The zero-order valence-corrected chi connectivity index (χ0v) is 23.4. The van der Waals surface area contributed by atoms with Crippen LogP contribution in [0.25, 0.3) is 11.1 Å². The molecule has 0 saturated carbocycles. The lowest BCUT2D eigenvalue weighted by molar-refractivity contribution is -0.129. The van der Waals surface area contributed by atoms with Gasteiger partial charge in [0.2, 0.25) is 0 Å².